The summed E-state index contributed by atoms with van der Waals surface area (Å²) >= 11 is 12.5. The molecule has 0 bridgehead atoms. The first-order chi connectivity index (χ1) is 16.4. The van der Waals surface area contributed by atoms with Gasteiger partial charge in [0.15, 0.2) is 11.6 Å². The van der Waals surface area contributed by atoms with Crippen molar-refractivity contribution in [2.75, 3.05) is 24.2 Å². The molecule has 0 saturated carbocycles. The minimum absolute atomic E-state index is 0.0256. The van der Waals surface area contributed by atoms with E-state index in [4.69, 9.17) is 23.2 Å². The van der Waals surface area contributed by atoms with E-state index in [0.29, 0.717) is 22.0 Å². The first-order valence-corrected chi connectivity index (χ1v) is 13.4. The molecule has 12 heteroatoms. The number of anilines is 1. The molecule has 35 heavy (non-hydrogen) atoms. The van der Waals surface area contributed by atoms with Crippen LogP contribution in [0.1, 0.15) is 31.7 Å². The molecule has 0 saturated heterocycles. The topological polar surface area (TPSA) is 86.8 Å². The molecule has 2 aromatic carbocycles. The second kappa shape index (κ2) is 12.5. The third-order valence-corrected chi connectivity index (χ3v) is 7.27. The van der Waals surface area contributed by atoms with Crippen molar-refractivity contribution in [2.24, 2.45) is 0 Å². The molecule has 0 unspecified atom stereocenters. The highest BCUT2D eigenvalue weighted by molar-refractivity contribution is 7.92. The van der Waals surface area contributed by atoms with Crippen LogP contribution in [-0.4, -0.2) is 51.0 Å². The molecule has 0 spiro atoms. The SMILES string of the molecule is CC[C@@H](C(=O)NC)N(Cc1c(Cl)cccc1Cl)C(=O)CCCN(c1ccc(F)c(F)c1)S(C)(=O)=O. The van der Waals surface area contributed by atoms with Crippen LogP contribution >= 0.6 is 23.2 Å². The molecular weight excluding hydrogens is 523 g/mol. The predicted molar refractivity (Wildman–Crippen MR) is 133 cm³/mol. The number of nitrogens with one attached hydrogen (secondary N) is 1. The van der Waals surface area contributed by atoms with Gasteiger partial charge in [-0.1, -0.05) is 36.2 Å². The summed E-state index contributed by atoms with van der Waals surface area (Å²) in [5.41, 5.74) is 0.418. The molecule has 7 nitrogen and oxygen atoms in total. The van der Waals surface area contributed by atoms with Crippen LogP contribution in [0.4, 0.5) is 14.5 Å². The molecule has 2 rings (SSSR count). The van der Waals surface area contributed by atoms with E-state index in [9.17, 15) is 26.8 Å². The molecule has 2 amide bonds. The third kappa shape index (κ3) is 7.52. The van der Waals surface area contributed by atoms with Crippen molar-refractivity contribution in [1.29, 1.82) is 0 Å². The van der Waals surface area contributed by atoms with Gasteiger partial charge < -0.3 is 10.2 Å². The van der Waals surface area contributed by atoms with E-state index in [-0.39, 0.29) is 37.5 Å². The number of rotatable bonds is 11. The van der Waals surface area contributed by atoms with Crippen molar-refractivity contribution in [2.45, 2.75) is 38.8 Å². The van der Waals surface area contributed by atoms with Crippen LogP contribution < -0.4 is 9.62 Å². The Balaban J connectivity index is 2.26. The number of hydrogen-bond donors (Lipinski definition) is 1. The van der Waals surface area contributed by atoms with E-state index in [1.54, 1.807) is 25.1 Å². The van der Waals surface area contributed by atoms with Gasteiger partial charge in [0.2, 0.25) is 21.8 Å². The zero-order valence-corrected chi connectivity index (χ0v) is 21.9. The molecule has 1 atom stereocenters. The van der Waals surface area contributed by atoms with Gasteiger partial charge in [-0.15, -0.1) is 0 Å². The lowest BCUT2D eigenvalue weighted by molar-refractivity contribution is -0.141. The summed E-state index contributed by atoms with van der Waals surface area (Å²) < 4.78 is 52.4. The number of benzene rings is 2. The van der Waals surface area contributed by atoms with Crippen molar-refractivity contribution < 1.29 is 26.8 Å². The van der Waals surface area contributed by atoms with Crippen molar-refractivity contribution in [3.8, 4) is 0 Å². The van der Waals surface area contributed by atoms with Crippen molar-refractivity contribution in [3.63, 3.8) is 0 Å². The Bertz CT molecular complexity index is 1160. The van der Waals surface area contributed by atoms with E-state index >= 15 is 0 Å². The smallest absolute Gasteiger partial charge is 0.242 e. The van der Waals surface area contributed by atoms with Crippen LogP contribution in [0.3, 0.4) is 0 Å². The standard InChI is InChI=1S/C23H27Cl2F2N3O4S/c1-4-21(23(32)28-2)29(14-16-17(24)7-5-8-18(16)25)22(31)9-6-12-30(35(3,33)34)15-10-11-19(26)20(27)13-15/h5,7-8,10-11,13,21H,4,6,9,12,14H2,1-3H3,(H,28,32)/t21-/m0/s1. The summed E-state index contributed by atoms with van der Waals surface area (Å²) in [5.74, 6) is -3.09. The predicted octanol–water partition coefficient (Wildman–Crippen LogP) is 4.37. The number of likely N-dealkylation sites (N-methyl/N-ethyl adjacent to an activating group) is 1. The second-order valence-corrected chi connectivity index (χ2v) is 10.5. The molecular formula is C23H27Cl2F2N3O4S. The number of nitrogens with zero attached hydrogens (tertiary/aromatic N) is 2. The average molecular weight is 550 g/mol. The van der Waals surface area contributed by atoms with Crippen molar-refractivity contribution in [1.82, 2.24) is 10.2 Å². The first kappa shape index (κ1) is 28.8. The Labute approximate surface area is 214 Å². The van der Waals surface area contributed by atoms with Gasteiger partial charge in [-0.05, 0) is 37.1 Å². The highest BCUT2D eigenvalue weighted by Crippen LogP contribution is 2.27. The quantitative estimate of drug-likeness (QED) is 0.450. The van der Waals surface area contributed by atoms with E-state index in [0.717, 1.165) is 28.8 Å². The minimum Gasteiger partial charge on any atom is -0.357 e. The summed E-state index contributed by atoms with van der Waals surface area (Å²) in [5, 5.41) is 3.21. The second-order valence-electron chi connectivity index (χ2n) is 7.80. The lowest BCUT2D eigenvalue weighted by Crippen LogP contribution is -2.48. The number of carbonyl (C=O) groups excluding carboxylic acids is 2. The summed E-state index contributed by atoms with van der Waals surface area (Å²) in [6, 6.07) is 6.86. The first-order valence-electron chi connectivity index (χ1n) is 10.8. The maximum Gasteiger partial charge on any atom is 0.242 e. The Morgan fingerprint density at radius 2 is 1.71 bits per heavy atom. The molecule has 2 aromatic rings. The van der Waals surface area contributed by atoms with Crippen LogP contribution in [-0.2, 0) is 26.2 Å². The van der Waals surface area contributed by atoms with Crippen LogP contribution in [0, 0.1) is 11.6 Å². The van der Waals surface area contributed by atoms with Crippen molar-refractivity contribution >= 4 is 50.7 Å². The van der Waals surface area contributed by atoms with E-state index in [1.165, 1.54) is 11.9 Å². The summed E-state index contributed by atoms with van der Waals surface area (Å²) in [4.78, 5) is 27.1. The van der Waals surface area contributed by atoms with Crippen molar-refractivity contribution in [3.05, 3.63) is 63.6 Å². The van der Waals surface area contributed by atoms with Crippen LogP contribution in [0.25, 0.3) is 0 Å². The molecule has 192 valence electrons. The van der Waals surface area contributed by atoms with Gasteiger partial charge in [-0.2, -0.15) is 0 Å². The fourth-order valence-corrected chi connectivity index (χ4v) is 5.06. The maximum atomic E-state index is 13.7. The van der Waals surface area contributed by atoms with E-state index in [1.807, 2.05) is 0 Å². The zero-order valence-electron chi connectivity index (χ0n) is 19.5. The normalized spacial score (nSPS) is 12.2. The molecule has 0 radical (unpaired) electrons. The van der Waals surface area contributed by atoms with Gasteiger partial charge in [0.05, 0.1) is 11.9 Å². The number of amides is 2. The lowest BCUT2D eigenvalue weighted by Gasteiger charge is -2.31. The fourth-order valence-electron chi connectivity index (χ4n) is 3.58. The van der Waals surface area contributed by atoms with Gasteiger partial charge >= 0.3 is 0 Å². The van der Waals surface area contributed by atoms with Gasteiger partial charge in [0, 0.05) is 48.2 Å². The molecule has 0 aromatic heterocycles. The Hall–Kier alpha value is -2.43. The van der Waals surface area contributed by atoms with E-state index < -0.39 is 33.6 Å². The Morgan fingerprint density at radius 3 is 2.23 bits per heavy atom. The number of sulfonamides is 1. The number of carbonyl (C=O) groups is 2. The van der Waals surface area contributed by atoms with Gasteiger partial charge in [-0.3, -0.25) is 13.9 Å². The van der Waals surface area contributed by atoms with Crippen LogP contribution in [0.5, 0.6) is 0 Å². The maximum absolute atomic E-state index is 13.7. The largest absolute Gasteiger partial charge is 0.357 e. The lowest BCUT2D eigenvalue weighted by atomic mass is 10.1. The highest BCUT2D eigenvalue weighted by atomic mass is 35.5. The zero-order chi connectivity index (χ0) is 26.3. The monoisotopic (exact) mass is 549 g/mol. The summed E-state index contributed by atoms with van der Waals surface area (Å²) in [6.45, 7) is 1.57. The molecule has 0 aliphatic rings. The highest BCUT2D eigenvalue weighted by Gasteiger charge is 2.29. The molecule has 0 aliphatic heterocycles. The number of halogens is 4. The summed E-state index contributed by atoms with van der Waals surface area (Å²) in [6.07, 6.45) is 1.19. The van der Waals surface area contributed by atoms with Crippen LogP contribution in [0.2, 0.25) is 10.0 Å². The Morgan fingerprint density at radius 1 is 1.09 bits per heavy atom. The molecule has 0 fully saturated rings. The summed E-state index contributed by atoms with van der Waals surface area (Å²) in [7, 11) is -2.38. The third-order valence-electron chi connectivity index (χ3n) is 5.37. The van der Waals surface area contributed by atoms with Gasteiger partial charge in [-0.25, -0.2) is 17.2 Å². The van der Waals surface area contributed by atoms with Gasteiger partial charge in [0.1, 0.15) is 6.04 Å². The fraction of sp³-hybridized carbons (Fsp3) is 0.391. The average Bonchev–Trinajstić information content (AvgIpc) is 2.79. The minimum atomic E-state index is -3.84. The van der Waals surface area contributed by atoms with Crippen LogP contribution in [0.15, 0.2) is 36.4 Å². The van der Waals surface area contributed by atoms with Gasteiger partial charge in [0.25, 0.3) is 0 Å². The number of hydrogen-bond acceptors (Lipinski definition) is 4. The van der Waals surface area contributed by atoms with E-state index in [2.05, 4.69) is 5.32 Å². The Kier molecular flexibility index (Phi) is 10.3. The molecule has 0 aliphatic carbocycles. The molecule has 1 N–H and O–H groups in total. The molecule has 0 heterocycles.